The fourth-order valence-electron chi connectivity index (χ4n) is 1.76. The van der Waals surface area contributed by atoms with Crippen molar-refractivity contribution in [3.05, 3.63) is 35.4 Å². The van der Waals surface area contributed by atoms with Gasteiger partial charge in [-0.05, 0) is 46.0 Å². The zero-order valence-corrected chi connectivity index (χ0v) is 11.2. The van der Waals surface area contributed by atoms with Crippen molar-refractivity contribution in [2.75, 3.05) is 20.6 Å². The molecular formula is C15H23NO. The van der Waals surface area contributed by atoms with E-state index in [4.69, 9.17) is 0 Å². The molecule has 94 valence electrons. The summed E-state index contributed by atoms with van der Waals surface area (Å²) in [6.07, 6.45) is 3.24. The first-order valence-corrected chi connectivity index (χ1v) is 6.30. The SMILES string of the molecule is Cc1ccc(CCC(=O)CCCN(C)C)cc1. The van der Waals surface area contributed by atoms with E-state index in [0.717, 1.165) is 19.4 Å². The van der Waals surface area contributed by atoms with Crippen molar-refractivity contribution in [1.29, 1.82) is 0 Å². The minimum absolute atomic E-state index is 0.382. The molecule has 0 saturated carbocycles. The summed E-state index contributed by atoms with van der Waals surface area (Å²) in [5, 5.41) is 0. The Kier molecular flexibility index (Phi) is 5.92. The molecular weight excluding hydrogens is 210 g/mol. The zero-order chi connectivity index (χ0) is 12.7. The highest BCUT2D eigenvalue weighted by Crippen LogP contribution is 2.07. The molecule has 0 aliphatic carbocycles. The standard InChI is InChI=1S/C15H23NO/c1-13-6-8-14(9-7-13)10-11-15(17)5-4-12-16(2)3/h6-9H,4-5,10-12H2,1-3H3. The van der Waals surface area contributed by atoms with Gasteiger partial charge in [0.2, 0.25) is 0 Å². The lowest BCUT2D eigenvalue weighted by atomic mass is 10.0. The van der Waals surface area contributed by atoms with E-state index in [1.165, 1.54) is 11.1 Å². The lowest BCUT2D eigenvalue weighted by Crippen LogP contribution is -2.14. The van der Waals surface area contributed by atoms with Gasteiger partial charge in [0, 0.05) is 12.8 Å². The summed E-state index contributed by atoms with van der Waals surface area (Å²) in [4.78, 5) is 13.8. The van der Waals surface area contributed by atoms with E-state index in [1.807, 2.05) is 14.1 Å². The lowest BCUT2D eigenvalue weighted by molar-refractivity contribution is -0.119. The van der Waals surface area contributed by atoms with E-state index in [0.29, 0.717) is 18.6 Å². The molecule has 0 fully saturated rings. The maximum absolute atomic E-state index is 11.6. The van der Waals surface area contributed by atoms with Crippen LogP contribution in [0.15, 0.2) is 24.3 Å². The second-order valence-electron chi connectivity index (χ2n) is 4.93. The van der Waals surface area contributed by atoms with E-state index >= 15 is 0 Å². The number of nitrogens with zero attached hydrogens (tertiary/aromatic N) is 1. The molecule has 0 aliphatic heterocycles. The predicted octanol–water partition coefficient (Wildman–Crippen LogP) is 2.84. The molecule has 0 unspecified atom stereocenters. The van der Waals surface area contributed by atoms with Crippen molar-refractivity contribution in [2.45, 2.75) is 32.6 Å². The monoisotopic (exact) mass is 233 g/mol. The van der Waals surface area contributed by atoms with Crippen LogP contribution >= 0.6 is 0 Å². The van der Waals surface area contributed by atoms with Crippen LogP contribution in [0.25, 0.3) is 0 Å². The molecule has 0 heterocycles. The van der Waals surface area contributed by atoms with Crippen LogP contribution in [0.4, 0.5) is 0 Å². The summed E-state index contributed by atoms with van der Waals surface area (Å²) in [7, 11) is 4.08. The normalized spacial score (nSPS) is 10.8. The van der Waals surface area contributed by atoms with Crippen LogP contribution < -0.4 is 0 Å². The predicted molar refractivity (Wildman–Crippen MR) is 72.3 cm³/mol. The number of benzene rings is 1. The molecule has 0 amide bonds. The molecule has 0 spiro atoms. The van der Waals surface area contributed by atoms with Gasteiger partial charge in [-0.3, -0.25) is 4.79 Å². The molecule has 2 heteroatoms. The summed E-state index contributed by atoms with van der Waals surface area (Å²) in [5.41, 5.74) is 2.53. The van der Waals surface area contributed by atoms with Gasteiger partial charge in [0.25, 0.3) is 0 Å². The van der Waals surface area contributed by atoms with Crippen molar-refractivity contribution >= 4 is 5.78 Å². The summed E-state index contributed by atoms with van der Waals surface area (Å²) < 4.78 is 0. The average molecular weight is 233 g/mol. The number of aryl methyl sites for hydroxylation is 2. The number of hydrogen-bond donors (Lipinski definition) is 0. The van der Waals surface area contributed by atoms with Crippen LogP contribution in [0.1, 0.15) is 30.4 Å². The third-order valence-corrected chi connectivity index (χ3v) is 2.87. The van der Waals surface area contributed by atoms with E-state index in [1.54, 1.807) is 0 Å². The first-order chi connectivity index (χ1) is 8.08. The van der Waals surface area contributed by atoms with Gasteiger partial charge in [0.15, 0.2) is 0 Å². The minimum Gasteiger partial charge on any atom is -0.309 e. The largest absolute Gasteiger partial charge is 0.309 e. The molecule has 0 radical (unpaired) electrons. The topological polar surface area (TPSA) is 20.3 Å². The van der Waals surface area contributed by atoms with Gasteiger partial charge in [0.1, 0.15) is 5.78 Å². The van der Waals surface area contributed by atoms with Gasteiger partial charge in [-0.25, -0.2) is 0 Å². The highest BCUT2D eigenvalue weighted by Gasteiger charge is 2.03. The van der Waals surface area contributed by atoms with Crippen LogP contribution in [-0.4, -0.2) is 31.3 Å². The Morgan fingerprint density at radius 2 is 1.76 bits per heavy atom. The van der Waals surface area contributed by atoms with Crippen LogP contribution in [0.2, 0.25) is 0 Å². The fourth-order valence-corrected chi connectivity index (χ4v) is 1.76. The van der Waals surface area contributed by atoms with Crippen molar-refractivity contribution in [2.24, 2.45) is 0 Å². The second-order valence-corrected chi connectivity index (χ2v) is 4.93. The zero-order valence-electron chi connectivity index (χ0n) is 11.2. The highest BCUT2D eigenvalue weighted by atomic mass is 16.1. The molecule has 0 aromatic heterocycles. The van der Waals surface area contributed by atoms with Crippen LogP contribution in [0, 0.1) is 6.92 Å². The Labute approximate surface area is 105 Å². The Bertz CT molecular complexity index is 340. The first kappa shape index (κ1) is 13.9. The number of hydrogen-bond acceptors (Lipinski definition) is 2. The molecule has 1 rings (SSSR count). The number of carbonyl (C=O) groups is 1. The van der Waals surface area contributed by atoms with E-state index < -0.39 is 0 Å². The number of ketones is 1. The molecule has 0 saturated heterocycles. The number of Topliss-reactive ketones (excluding diaryl/α,β-unsaturated/α-hetero) is 1. The third-order valence-electron chi connectivity index (χ3n) is 2.87. The average Bonchev–Trinajstić information content (AvgIpc) is 2.28. The molecule has 1 aromatic rings. The van der Waals surface area contributed by atoms with Gasteiger partial charge in [0.05, 0.1) is 0 Å². The van der Waals surface area contributed by atoms with Gasteiger partial charge >= 0.3 is 0 Å². The second kappa shape index (κ2) is 7.23. The smallest absolute Gasteiger partial charge is 0.133 e. The number of rotatable bonds is 7. The van der Waals surface area contributed by atoms with Crippen molar-refractivity contribution in [1.82, 2.24) is 4.90 Å². The highest BCUT2D eigenvalue weighted by molar-refractivity contribution is 5.78. The molecule has 0 aliphatic rings. The van der Waals surface area contributed by atoms with Gasteiger partial charge in [-0.1, -0.05) is 29.8 Å². The van der Waals surface area contributed by atoms with Gasteiger partial charge in [-0.15, -0.1) is 0 Å². The van der Waals surface area contributed by atoms with E-state index in [-0.39, 0.29) is 0 Å². The summed E-state index contributed by atoms with van der Waals surface area (Å²) >= 11 is 0. The van der Waals surface area contributed by atoms with Crippen LogP contribution in [0.5, 0.6) is 0 Å². The van der Waals surface area contributed by atoms with Crippen molar-refractivity contribution < 1.29 is 4.79 Å². The molecule has 17 heavy (non-hydrogen) atoms. The maximum atomic E-state index is 11.6. The third kappa shape index (κ3) is 6.22. The summed E-state index contributed by atoms with van der Waals surface area (Å²) in [6, 6.07) is 8.43. The van der Waals surface area contributed by atoms with Crippen LogP contribution in [-0.2, 0) is 11.2 Å². The van der Waals surface area contributed by atoms with Crippen molar-refractivity contribution in [3.63, 3.8) is 0 Å². The lowest BCUT2D eigenvalue weighted by Gasteiger charge is -2.08. The minimum atomic E-state index is 0.382. The Morgan fingerprint density at radius 3 is 2.35 bits per heavy atom. The fraction of sp³-hybridized carbons (Fsp3) is 0.533. The molecule has 0 N–H and O–H groups in total. The summed E-state index contributed by atoms with van der Waals surface area (Å²) in [5.74, 6) is 0.382. The Balaban J connectivity index is 2.21. The molecule has 0 atom stereocenters. The molecule has 0 bridgehead atoms. The number of carbonyl (C=O) groups excluding carboxylic acids is 1. The van der Waals surface area contributed by atoms with Crippen molar-refractivity contribution in [3.8, 4) is 0 Å². The van der Waals surface area contributed by atoms with E-state index in [2.05, 4.69) is 36.1 Å². The van der Waals surface area contributed by atoms with Gasteiger partial charge in [-0.2, -0.15) is 0 Å². The Hall–Kier alpha value is -1.15. The maximum Gasteiger partial charge on any atom is 0.133 e. The molecule has 2 nitrogen and oxygen atoms in total. The van der Waals surface area contributed by atoms with Gasteiger partial charge < -0.3 is 4.90 Å². The quantitative estimate of drug-likeness (QED) is 0.722. The van der Waals surface area contributed by atoms with E-state index in [9.17, 15) is 4.79 Å². The van der Waals surface area contributed by atoms with Crippen LogP contribution in [0.3, 0.4) is 0 Å². The Morgan fingerprint density at radius 1 is 1.12 bits per heavy atom. The molecule has 1 aromatic carbocycles. The first-order valence-electron chi connectivity index (χ1n) is 6.30. The summed E-state index contributed by atoms with van der Waals surface area (Å²) in [6.45, 7) is 3.08.